The molecule has 1 aliphatic heterocycles. The Labute approximate surface area is 127 Å². The van der Waals surface area contributed by atoms with Crippen LogP contribution in [0.4, 0.5) is 4.79 Å². The summed E-state index contributed by atoms with van der Waals surface area (Å²) in [5.41, 5.74) is -0.527. The van der Waals surface area contributed by atoms with Gasteiger partial charge in [0.15, 0.2) is 0 Å². The van der Waals surface area contributed by atoms with Gasteiger partial charge in [0.05, 0.1) is 0 Å². The van der Waals surface area contributed by atoms with Crippen molar-refractivity contribution in [2.24, 2.45) is 5.92 Å². The molecule has 0 N–H and O–H groups in total. The fraction of sp³-hybridized carbons (Fsp3) is 0.875. The highest BCUT2D eigenvalue weighted by atomic mass is 16.6. The minimum atomic E-state index is -0.527. The quantitative estimate of drug-likeness (QED) is 0.804. The first-order valence-corrected chi connectivity index (χ1v) is 7.97. The maximum atomic E-state index is 12.7. The molecule has 1 aliphatic carbocycles. The zero-order valence-electron chi connectivity index (χ0n) is 13.9. The number of rotatable bonds is 3. The number of hydrogen-bond acceptors (Lipinski definition) is 3. The molecule has 0 aromatic heterocycles. The number of nitrogens with zero attached hydrogens (tertiary/aromatic N) is 2. The van der Waals surface area contributed by atoms with Gasteiger partial charge in [0.2, 0.25) is 5.91 Å². The van der Waals surface area contributed by atoms with Gasteiger partial charge in [-0.3, -0.25) is 9.69 Å². The molecule has 21 heavy (non-hydrogen) atoms. The molecular weight excluding hydrogens is 268 g/mol. The van der Waals surface area contributed by atoms with Crippen LogP contribution in [0, 0.1) is 5.92 Å². The number of hydrogen-bond donors (Lipinski definition) is 0. The standard InChI is InChI=1S/C16H28N2O3/c1-11(12-8-9-12)17(5)14(19)13-7-6-10-18(13)15(20)21-16(2,3)4/h11-13H,6-10H2,1-5H3. The second-order valence-corrected chi connectivity index (χ2v) is 7.36. The second-order valence-electron chi connectivity index (χ2n) is 7.36. The molecule has 2 aliphatic rings. The summed E-state index contributed by atoms with van der Waals surface area (Å²) in [6, 6.07) is -0.0929. The Morgan fingerprint density at radius 3 is 2.38 bits per heavy atom. The van der Waals surface area contributed by atoms with Crippen molar-refractivity contribution in [3.8, 4) is 0 Å². The van der Waals surface area contributed by atoms with E-state index in [0.717, 1.165) is 12.8 Å². The van der Waals surface area contributed by atoms with Gasteiger partial charge in [-0.25, -0.2) is 4.79 Å². The van der Waals surface area contributed by atoms with Crippen LogP contribution in [0.5, 0.6) is 0 Å². The number of ether oxygens (including phenoxy) is 1. The molecule has 0 spiro atoms. The molecule has 2 unspecified atom stereocenters. The van der Waals surface area contributed by atoms with E-state index in [4.69, 9.17) is 4.74 Å². The van der Waals surface area contributed by atoms with E-state index in [1.165, 1.54) is 12.8 Å². The predicted molar refractivity (Wildman–Crippen MR) is 80.9 cm³/mol. The van der Waals surface area contributed by atoms with Crippen LogP contribution in [-0.4, -0.2) is 53.1 Å². The van der Waals surface area contributed by atoms with E-state index in [1.54, 1.807) is 4.90 Å². The Bertz CT molecular complexity index is 412. The average Bonchev–Trinajstić information content (AvgIpc) is 3.10. The van der Waals surface area contributed by atoms with Gasteiger partial charge in [-0.2, -0.15) is 0 Å². The van der Waals surface area contributed by atoms with Crippen molar-refractivity contribution in [2.75, 3.05) is 13.6 Å². The van der Waals surface area contributed by atoms with Crippen LogP contribution in [0.2, 0.25) is 0 Å². The molecule has 0 aromatic rings. The van der Waals surface area contributed by atoms with Crippen molar-refractivity contribution in [2.45, 2.75) is 71.1 Å². The number of likely N-dealkylation sites (tertiary alicyclic amines) is 1. The van der Waals surface area contributed by atoms with Crippen LogP contribution in [0.3, 0.4) is 0 Å². The molecule has 0 radical (unpaired) electrons. The van der Waals surface area contributed by atoms with Gasteiger partial charge in [0.25, 0.3) is 0 Å². The first-order valence-electron chi connectivity index (χ1n) is 7.97. The van der Waals surface area contributed by atoms with Gasteiger partial charge >= 0.3 is 6.09 Å². The van der Waals surface area contributed by atoms with Gasteiger partial charge in [-0.1, -0.05) is 0 Å². The monoisotopic (exact) mass is 296 g/mol. The van der Waals surface area contributed by atoms with Crippen molar-refractivity contribution < 1.29 is 14.3 Å². The van der Waals surface area contributed by atoms with Gasteiger partial charge in [-0.05, 0) is 59.3 Å². The van der Waals surface area contributed by atoms with Crippen LogP contribution in [-0.2, 0) is 9.53 Å². The maximum absolute atomic E-state index is 12.7. The van der Waals surface area contributed by atoms with Crippen molar-refractivity contribution in [3.05, 3.63) is 0 Å². The van der Waals surface area contributed by atoms with E-state index in [2.05, 4.69) is 6.92 Å². The topological polar surface area (TPSA) is 49.9 Å². The zero-order valence-corrected chi connectivity index (χ0v) is 13.9. The minimum absolute atomic E-state index is 0.0535. The van der Waals surface area contributed by atoms with Gasteiger partial charge in [0.1, 0.15) is 11.6 Å². The zero-order chi connectivity index (χ0) is 15.8. The normalized spacial score (nSPS) is 23.9. The number of amides is 2. The van der Waals surface area contributed by atoms with Crippen LogP contribution in [0.1, 0.15) is 53.4 Å². The van der Waals surface area contributed by atoms with Crippen molar-refractivity contribution in [1.29, 1.82) is 0 Å². The summed E-state index contributed by atoms with van der Waals surface area (Å²) < 4.78 is 5.42. The first-order chi connectivity index (χ1) is 9.70. The molecule has 0 aromatic carbocycles. The van der Waals surface area contributed by atoms with Gasteiger partial charge in [0, 0.05) is 19.6 Å². The highest BCUT2D eigenvalue weighted by Crippen LogP contribution is 2.35. The van der Waals surface area contributed by atoms with E-state index in [1.807, 2.05) is 32.7 Å². The van der Waals surface area contributed by atoms with E-state index in [-0.39, 0.29) is 24.1 Å². The molecule has 1 saturated carbocycles. The molecule has 2 atom stereocenters. The SMILES string of the molecule is CC(C1CC1)N(C)C(=O)C1CCCN1C(=O)OC(C)(C)C. The largest absolute Gasteiger partial charge is 0.444 e. The molecule has 2 amide bonds. The molecule has 1 saturated heterocycles. The third-order valence-corrected chi connectivity index (χ3v) is 4.43. The lowest BCUT2D eigenvalue weighted by Gasteiger charge is -2.32. The third kappa shape index (κ3) is 3.89. The predicted octanol–water partition coefficient (Wildman–Crippen LogP) is 2.64. The minimum Gasteiger partial charge on any atom is -0.444 e. The number of carbonyl (C=O) groups is 2. The maximum Gasteiger partial charge on any atom is 0.410 e. The summed E-state index contributed by atoms with van der Waals surface area (Å²) in [7, 11) is 1.86. The summed E-state index contributed by atoms with van der Waals surface area (Å²) >= 11 is 0. The van der Waals surface area contributed by atoms with E-state index >= 15 is 0 Å². The van der Waals surface area contributed by atoms with Crippen LogP contribution >= 0.6 is 0 Å². The van der Waals surface area contributed by atoms with Crippen LogP contribution in [0.15, 0.2) is 0 Å². The van der Waals surface area contributed by atoms with E-state index < -0.39 is 5.60 Å². The summed E-state index contributed by atoms with van der Waals surface area (Å²) in [5, 5.41) is 0. The Hall–Kier alpha value is -1.26. The molecule has 120 valence electrons. The molecule has 0 bridgehead atoms. The molecular formula is C16H28N2O3. The lowest BCUT2D eigenvalue weighted by Crippen LogP contribution is -2.50. The highest BCUT2D eigenvalue weighted by Gasteiger charge is 2.40. The fourth-order valence-corrected chi connectivity index (χ4v) is 2.89. The molecule has 2 fully saturated rings. The van der Waals surface area contributed by atoms with Gasteiger partial charge < -0.3 is 9.64 Å². The first kappa shape index (κ1) is 16.1. The highest BCUT2D eigenvalue weighted by molar-refractivity contribution is 5.86. The van der Waals surface area contributed by atoms with Crippen molar-refractivity contribution in [3.63, 3.8) is 0 Å². The molecule has 5 nitrogen and oxygen atoms in total. The smallest absolute Gasteiger partial charge is 0.410 e. The molecule has 1 heterocycles. The Morgan fingerprint density at radius 2 is 1.86 bits per heavy atom. The van der Waals surface area contributed by atoms with E-state index in [9.17, 15) is 9.59 Å². The average molecular weight is 296 g/mol. The third-order valence-electron chi connectivity index (χ3n) is 4.43. The number of likely N-dealkylation sites (N-methyl/N-ethyl adjacent to an activating group) is 1. The fourth-order valence-electron chi connectivity index (χ4n) is 2.89. The van der Waals surface area contributed by atoms with Crippen molar-refractivity contribution >= 4 is 12.0 Å². The van der Waals surface area contributed by atoms with Gasteiger partial charge in [-0.15, -0.1) is 0 Å². The Morgan fingerprint density at radius 1 is 1.24 bits per heavy atom. The van der Waals surface area contributed by atoms with E-state index in [0.29, 0.717) is 12.5 Å². The molecule has 2 rings (SSSR count). The lowest BCUT2D eigenvalue weighted by molar-refractivity contribution is -0.136. The Kier molecular flexibility index (Phi) is 4.49. The molecule has 5 heteroatoms. The second kappa shape index (κ2) is 5.85. The van der Waals surface area contributed by atoms with Crippen LogP contribution in [0.25, 0.3) is 0 Å². The summed E-state index contributed by atoms with van der Waals surface area (Å²) in [4.78, 5) is 28.3. The summed E-state index contributed by atoms with van der Waals surface area (Å²) in [6.07, 6.45) is 3.64. The van der Waals surface area contributed by atoms with Crippen LogP contribution < -0.4 is 0 Å². The summed E-state index contributed by atoms with van der Waals surface area (Å²) in [6.45, 7) is 8.25. The Balaban J connectivity index is 2.00. The summed E-state index contributed by atoms with van der Waals surface area (Å²) in [5.74, 6) is 0.688. The van der Waals surface area contributed by atoms with Crippen molar-refractivity contribution in [1.82, 2.24) is 9.80 Å². The number of carbonyl (C=O) groups excluding carboxylic acids is 2. The lowest BCUT2D eigenvalue weighted by atomic mass is 10.1.